The van der Waals surface area contributed by atoms with E-state index >= 15 is 0 Å². The minimum atomic E-state index is -0.0415. The molecule has 0 radical (unpaired) electrons. The first-order valence-electron chi connectivity index (χ1n) is 4.79. The number of hydrogen-bond donors (Lipinski definition) is 0. The van der Waals surface area contributed by atoms with Gasteiger partial charge in [-0.2, -0.15) is 0 Å². The van der Waals surface area contributed by atoms with Crippen molar-refractivity contribution in [1.82, 2.24) is 4.90 Å². The number of likely N-dealkylation sites (tertiary alicyclic amines) is 1. The van der Waals surface area contributed by atoms with Crippen molar-refractivity contribution in [2.45, 2.75) is 39.2 Å². The van der Waals surface area contributed by atoms with E-state index in [1.807, 2.05) is 0 Å². The molecule has 0 aromatic heterocycles. The van der Waals surface area contributed by atoms with Crippen LogP contribution in [0.1, 0.15) is 33.6 Å². The van der Waals surface area contributed by atoms with Gasteiger partial charge in [0.1, 0.15) is 0 Å². The number of nitrogens with zero attached hydrogens (tertiary/aromatic N) is 1. The Bertz CT molecular complexity index is 180. The second-order valence-electron chi connectivity index (χ2n) is 4.37. The molecule has 68 valence electrons. The van der Waals surface area contributed by atoms with E-state index in [1.54, 1.807) is 0 Å². The van der Waals surface area contributed by atoms with E-state index in [0.29, 0.717) is 0 Å². The van der Waals surface area contributed by atoms with Gasteiger partial charge in [-0.3, -0.25) is 4.90 Å². The molecule has 1 heteroatoms. The minimum absolute atomic E-state index is 0.0415. The summed E-state index contributed by atoms with van der Waals surface area (Å²) in [5.41, 5.74) is -0.0415. The molecule has 1 aliphatic rings. The molecule has 0 aromatic carbocycles. The van der Waals surface area contributed by atoms with Gasteiger partial charge in [0.15, 0.2) is 0 Å². The molecule has 0 unspecified atom stereocenters. The Morgan fingerprint density at radius 3 is 2.25 bits per heavy atom. The maximum Gasteiger partial charge on any atom is 0.0766 e. The van der Waals surface area contributed by atoms with Gasteiger partial charge in [-0.25, -0.2) is 0 Å². The highest BCUT2D eigenvalue weighted by molar-refractivity contribution is 5.09. The molecule has 1 nitrogen and oxygen atoms in total. The van der Waals surface area contributed by atoms with Crippen molar-refractivity contribution >= 4 is 0 Å². The van der Waals surface area contributed by atoms with Crippen LogP contribution in [-0.4, -0.2) is 23.5 Å². The normalized spacial score (nSPS) is 22.2. The summed E-state index contributed by atoms with van der Waals surface area (Å²) in [4.78, 5) is 2.41. The van der Waals surface area contributed by atoms with E-state index in [-0.39, 0.29) is 5.54 Å². The first-order valence-corrected chi connectivity index (χ1v) is 4.79. The van der Waals surface area contributed by atoms with Crippen LogP contribution in [0, 0.1) is 18.3 Å². The number of hydrogen-bond acceptors (Lipinski definition) is 1. The maximum absolute atomic E-state index is 5.48. The second-order valence-corrected chi connectivity index (χ2v) is 4.37. The van der Waals surface area contributed by atoms with Crippen molar-refractivity contribution in [1.29, 1.82) is 0 Å². The zero-order chi connectivity index (χ0) is 9.19. The van der Waals surface area contributed by atoms with Crippen molar-refractivity contribution < 1.29 is 0 Å². The van der Waals surface area contributed by atoms with Crippen molar-refractivity contribution in [3.05, 3.63) is 0 Å². The molecule has 0 atom stereocenters. The van der Waals surface area contributed by atoms with Crippen molar-refractivity contribution in [3.63, 3.8) is 0 Å². The third-order valence-electron chi connectivity index (χ3n) is 2.93. The SMILES string of the molecule is C#CC(C)(C)N1CCC(C)CC1. The van der Waals surface area contributed by atoms with Gasteiger partial charge in [-0.05, 0) is 45.7 Å². The molecule has 12 heavy (non-hydrogen) atoms. The predicted octanol–water partition coefficient (Wildman–Crippen LogP) is 2.13. The molecule has 1 heterocycles. The smallest absolute Gasteiger partial charge is 0.0766 e. The summed E-state index contributed by atoms with van der Waals surface area (Å²) in [6, 6.07) is 0. The molecule has 1 rings (SSSR count). The van der Waals surface area contributed by atoms with Crippen LogP contribution >= 0.6 is 0 Å². The molecule has 0 N–H and O–H groups in total. The largest absolute Gasteiger partial charge is 0.288 e. The summed E-state index contributed by atoms with van der Waals surface area (Å²) < 4.78 is 0. The van der Waals surface area contributed by atoms with Crippen molar-refractivity contribution in [2.24, 2.45) is 5.92 Å². The fraction of sp³-hybridized carbons (Fsp3) is 0.818. The molecular weight excluding hydrogens is 146 g/mol. The average molecular weight is 165 g/mol. The molecule has 1 aliphatic heterocycles. The van der Waals surface area contributed by atoms with Crippen molar-refractivity contribution in [2.75, 3.05) is 13.1 Å². The summed E-state index contributed by atoms with van der Waals surface area (Å²) in [7, 11) is 0. The molecule has 0 aromatic rings. The highest BCUT2D eigenvalue weighted by atomic mass is 15.2. The molecular formula is C11H19N. The van der Waals surface area contributed by atoms with Crippen LogP contribution in [-0.2, 0) is 0 Å². The summed E-state index contributed by atoms with van der Waals surface area (Å²) in [6.07, 6.45) is 8.07. The Kier molecular flexibility index (Phi) is 2.80. The number of piperidine rings is 1. The highest BCUT2D eigenvalue weighted by Gasteiger charge is 2.27. The van der Waals surface area contributed by atoms with Gasteiger partial charge in [-0.1, -0.05) is 12.8 Å². The van der Waals surface area contributed by atoms with Crippen LogP contribution < -0.4 is 0 Å². The Balaban J connectivity index is 2.51. The quantitative estimate of drug-likeness (QED) is 0.538. The molecule has 0 spiro atoms. The maximum atomic E-state index is 5.48. The van der Waals surface area contributed by atoms with E-state index in [4.69, 9.17) is 6.42 Å². The molecule has 0 bridgehead atoms. The summed E-state index contributed by atoms with van der Waals surface area (Å²) in [5.74, 6) is 3.74. The summed E-state index contributed by atoms with van der Waals surface area (Å²) in [6.45, 7) is 8.91. The monoisotopic (exact) mass is 165 g/mol. The van der Waals surface area contributed by atoms with Crippen LogP contribution in [0.15, 0.2) is 0 Å². The van der Waals surface area contributed by atoms with Crippen LogP contribution in [0.2, 0.25) is 0 Å². The average Bonchev–Trinajstić information content (AvgIpc) is 2.05. The van der Waals surface area contributed by atoms with E-state index in [2.05, 4.69) is 31.6 Å². The van der Waals surface area contributed by atoms with Crippen LogP contribution in [0.4, 0.5) is 0 Å². The van der Waals surface area contributed by atoms with E-state index in [9.17, 15) is 0 Å². The summed E-state index contributed by atoms with van der Waals surface area (Å²) in [5, 5.41) is 0. The molecule has 1 fully saturated rings. The fourth-order valence-corrected chi connectivity index (χ4v) is 1.66. The Hall–Kier alpha value is -0.480. The third kappa shape index (κ3) is 2.01. The zero-order valence-corrected chi connectivity index (χ0v) is 8.43. The van der Waals surface area contributed by atoms with Gasteiger partial charge >= 0.3 is 0 Å². The Labute approximate surface area is 76.1 Å². The molecule has 0 aliphatic carbocycles. The van der Waals surface area contributed by atoms with E-state index < -0.39 is 0 Å². The topological polar surface area (TPSA) is 3.24 Å². The van der Waals surface area contributed by atoms with Crippen LogP contribution in [0.3, 0.4) is 0 Å². The number of rotatable bonds is 1. The second kappa shape index (κ2) is 3.49. The summed E-state index contributed by atoms with van der Waals surface area (Å²) >= 11 is 0. The van der Waals surface area contributed by atoms with Crippen LogP contribution in [0.25, 0.3) is 0 Å². The first kappa shape index (κ1) is 9.61. The predicted molar refractivity (Wildman–Crippen MR) is 52.9 cm³/mol. The van der Waals surface area contributed by atoms with Crippen molar-refractivity contribution in [3.8, 4) is 12.3 Å². The molecule has 0 saturated carbocycles. The third-order valence-corrected chi connectivity index (χ3v) is 2.93. The first-order chi connectivity index (χ1) is 5.56. The lowest BCUT2D eigenvalue weighted by molar-refractivity contribution is 0.117. The van der Waals surface area contributed by atoms with Gasteiger partial charge in [0.25, 0.3) is 0 Å². The molecule has 0 amide bonds. The lowest BCUT2D eigenvalue weighted by Crippen LogP contribution is -2.46. The lowest BCUT2D eigenvalue weighted by Gasteiger charge is -2.39. The standard InChI is InChI=1S/C11H19N/c1-5-11(3,4)12-8-6-10(2)7-9-12/h1,10H,6-9H2,2-4H3. The Morgan fingerprint density at radius 2 is 1.83 bits per heavy atom. The Morgan fingerprint density at radius 1 is 1.33 bits per heavy atom. The van der Waals surface area contributed by atoms with Crippen LogP contribution in [0.5, 0.6) is 0 Å². The van der Waals surface area contributed by atoms with E-state index in [1.165, 1.54) is 25.9 Å². The van der Waals surface area contributed by atoms with Gasteiger partial charge in [0.2, 0.25) is 0 Å². The van der Waals surface area contributed by atoms with E-state index in [0.717, 1.165) is 5.92 Å². The fourth-order valence-electron chi connectivity index (χ4n) is 1.66. The van der Waals surface area contributed by atoms with Gasteiger partial charge < -0.3 is 0 Å². The number of terminal acetylenes is 1. The molecule has 1 saturated heterocycles. The van der Waals surface area contributed by atoms with Gasteiger partial charge in [0, 0.05) is 0 Å². The van der Waals surface area contributed by atoms with Gasteiger partial charge in [-0.15, -0.1) is 6.42 Å². The zero-order valence-electron chi connectivity index (χ0n) is 8.43. The minimum Gasteiger partial charge on any atom is -0.288 e. The van der Waals surface area contributed by atoms with Gasteiger partial charge in [0.05, 0.1) is 5.54 Å². The lowest BCUT2D eigenvalue weighted by atomic mass is 9.94. The highest BCUT2D eigenvalue weighted by Crippen LogP contribution is 2.22.